The molecule has 0 radical (unpaired) electrons. The van der Waals surface area contributed by atoms with Crippen molar-refractivity contribution in [2.24, 2.45) is 5.84 Å². The third-order valence-corrected chi connectivity index (χ3v) is 6.01. The number of hydrazine groups is 1. The second-order valence-corrected chi connectivity index (χ2v) is 8.00. The summed E-state index contributed by atoms with van der Waals surface area (Å²) >= 11 is 2.78. The Labute approximate surface area is 137 Å². The number of sulfonamides is 1. The molecule has 0 aliphatic heterocycles. The van der Waals surface area contributed by atoms with Gasteiger partial charge in [0.2, 0.25) is 0 Å². The van der Waals surface area contributed by atoms with Crippen LogP contribution in [0.1, 0.15) is 0 Å². The Morgan fingerprint density at radius 1 is 1.29 bits per heavy atom. The zero-order chi connectivity index (χ0) is 15.6. The first-order valence-corrected chi connectivity index (χ1v) is 8.74. The van der Waals surface area contributed by atoms with E-state index in [-0.39, 0.29) is 14.9 Å². The molecule has 0 bridgehead atoms. The van der Waals surface area contributed by atoms with E-state index in [4.69, 9.17) is 5.84 Å². The van der Waals surface area contributed by atoms with Crippen molar-refractivity contribution >= 4 is 60.3 Å². The summed E-state index contributed by atoms with van der Waals surface area (Å²) in [5, 5.41) is 10.8. The van der Waals surface area contributed by atoms with Crippen LogP contribution < -0.4 is 16.0 Å². The molecule has 0 fully saturated rings. The molecule has 0 atom stereocenters. The van der Waals surface area contributed by atoms with Crippen molar-refractivity contribution < 1.29 is 13.3 Å². The molecular weight excluding hydrogens is 431 g/mol. The van der Waals surface area contributed by atoms with Gasteiger partial charge in [-0.3, -0.25) is 14.8 Å². The van der Waals surface area contributed by atoms with Gasteiger partial charge in [-0.1, -0.05) is 11.3 Å². The monoisotopic (exact) mass is 440 g/mol. The van der Waals surface area contributed by atoms with Crippen LogP contribution in [0.4, 0.5) is 16.4 Å². The van der Waals surface area contributed by atoms with E-state index in [1.54, 1.807) is 24.3 Å². The van der Waals surface area contributed by atoms with E-state index in [1.165, 1.54) is 0 Å². The topological polar surface area (TPSA) is 127 Å². The van der Waals surface area contributed by atoms with E-state index < -0.39 is 14.9 Å². The van der Waals surface area contributed by atoms with Crippen LogP contribution in [-0.2, 0) is 10.0 Å². The van der Waals surface area contributed by atoms with Crippen molar-refractivity contribution in [2.75, 3.05) is 10.1 Å². The predicted octanol–water partition coefficient (Wildman–Crippen LogP) is 2.35. The van der Waals surface area contributed by atoms with Gasteiger partial charge in [0.1, 0.15) is 4.21 Å². The van der Waals surface area contributed by atoms with Gasteiger partial charge in [-0.05, 0) is 46.9 Å². The fourth-order valence-corrected chi connectivity index (χ4v) is 4.11. The summed E-state index contributed by atoms with van der Waals surface area (Å²) in [5.74, 6) is 5.15. The smallest absolute Gasteiger partial charge is 0.306 e. The molecule has 0 aliphatic carbocycles. The molecule has 1 aromatic heterocycles. The lowest BCUT2D eigenvalue weighted by atomic mass is 10.3. The Balaban J connectivity index is 2.35. The van der Waals surface area contributed by atoms with Crippen molar-refractivity contribution in [2.45, 2.75) is 4.21 Å². The normalized spacial score (nSPS) is 11.1. The highest BCUT2D eigenvalue weighted by atomic mass is 127. The van der Waals surface area contributed by atoms with Crippen LogP contribution in [0, 0.1) is 13.7 Å². The van der Waals surface area contributed by atoms with Crippen molar-refractivity contribution in [3.63, 3.8) is 0 Å². The first-order chi connectivity index (χ1) is 9.83. The number of thiophene rings is 1. The molecule has 1 heterocycles. The fraction of sp³-hybridized carbons (Fsp3) is 0. The Bertz CT molecular complexity index is 773. The number of benzene rings is 1. The molecule has 2 rings (SSSR count). The second kappa shape index (κ2) is 6.13. The van der Waals surface area contributed by atoms with E-state index in [2.05, 4.69) is 32.7 Å². The molecule has 0 amide bonds. The van der Waals surface area contributed by atoms with Gasteiger partial charge in [-0.15, -0.1) is 0 Å². The van der Waals surface area contributed by atoms with E-state index in [1.807, 2.05) is 0 Å². The van der Waals surface area contributed by atoms with Gasteiger partial charge >= 0.3 is 5.69 Å². The third-order valence-electron chi connectivity index (χ3n) is 2.38. The van der Waals surface area contributed by atoms with E-state index in [0.717, 1.165) is 9.64 Å². The van der Waals surface area contributed by atoms with Crippen LogP contribution in [0.3, 0.4) is 0 Å². The zero-order valence-electron chi connectivity index (χ0n) is 10.2. The number of nitrogens with one attached hydrogen (secondary N) is 2. The average Bonchev–Trinajstić information content (AvgIpc) is 2.86. The van der Waals surface area contributed by atoms with Crippen LogP contribution in [0.2, 0.25) is 0 Å². The SMILES string of the molecule is NNc1sc(S(=O)(=O)Nc2ccc(I)cc2)cc1[N+](=O)[O-]. The predicted molar refractivity (Wildman–Crippen MR) is 88.8 cm³/mol. The summed E-state index contributed by atoms with van der Waals surface area (Å²) in [6, 6.07) is 7.64. The molecule has 8 nitrogen and oxygen atoms in total. The van der Waals surface area contributed by atoms with Gasteiger partial charge in [-0.25, -0.2) is 14.3 Å². The van der Waals surface area contributed by atoms with Crippen molar-refractivity contribution in [1.29, 1.82) is 0 Å². The van der Waals surface area contributed by atoms with Crippen LogP contribution in [-0.4, -0.2) is 13.3 Å². The van der Waals surface area contributed by atoms with Crippen LogP contribution >= 0.6 is 33.9 Å². The van der Waals surface area contributed by atoms with Crippen molar-refractivity contribution in [3.8, 4) is 0 Å². The molecule has 2 aromatic rings. The van der Waals surface area contributed by atoms with E-state index >= 15 is 0 Å². The first kappa shape index (κ1) is 15.9. The van der Waals surface area contributed by atoms with Gasteiger partial charge in [0.05, 0.1) is 4.92 Å². The number of nitrogen functional groups attached to an aromatic ring is 1. The zero-order valence-corrected chi connectivity index (χ0v) is 14.0. The molecule has 4 N–H and O–H groups in total. The Kier molecular flexibility index (Phi) is 4.65. The number of anilines is 2. The lowest BCUT2D eigenvalue weighted by Crippen LogP contribution is -2.11. The molecule has 112 valence electrons. The summed E-state index contributed by atoms with van der Waals surface area (Å²) < 4.78 is 27.5. The molecular formula is C10H9IN4O4S2. The quantitative estimate of drug-likeness (QED) is 0.284. The summed E-state index contributed by atoms with van der Waals surface area (Å²) in [6.07, 6.45) is 0. The summed E-state index contributed by atoms with van der Waals surface area (Å²) in [7, 11) is -3.91. The highest BCUT2D eigenvalue weighted by Gasteiger charge is 2.25. The molecule has 1 aromatic carbocycles. The fourth-order valence-electron chi connectivity index (χ4n) is 1.45. The standard InChI is InChI=1S/C10H9IN4O4S2/c11-6-1-3-7(4-2-6)14-21(18,19)9-5-8(15(16)17)10(13-12)20-9/h1-5,13-14H,12H2. The number of halogens is 1. The van der Waals surface area contributed by atoms with Crippen LogP contribution in [0.5, 0.6) is 0 Å². The number of nitro groups is 1. The third kappa shape index (κ3) is 3.61. The number of hydrogen-bond acceptors (Lipinski definition) is 7. The lowest BCUT2D eigenvalue weighted by Gasteiger charge is -2.05. The molecule has 21 heavy (non-hydrogen) atoms. The van der Waals surface area contributed by atoms with Gasteiger partial charge in [0.15, 0.2) is 5.00 Å². The maximum absolute atomic E-state index is 12.2. The van der Waals surface area contributed by atoms with Crippen LogP contribution in [0.15, 0.2) is 34.5 Å². The molecule has 0 saturated heterocycles. The Hall–Kier alpha value is -1.44. The molecule has 0 unspecified atom stereocenters. The maximum atomic E-state index is 12.2. The average molecular weight is 440 g/mol. The van der Waals surface area contributed by atoms with Crippen molar-refractivity contribution in [3.05, 3.63) is 44.0 Å². The number of hydrogen-bond donors (Lipinski definition) is 3. The van der Waals surface area contributed by atoms with E-state index in [0.29, 0.717) is 17.0 Å². The minimum atomic E-state index is -3.91. The summed E-state index contributed by atoms with van der Waals surface area (Å²) in [4.78, 5) is 10.1. The Morgan fingerprint density at radius 3 is 2.38 bits per heavy atom. The van der Waals surface area contributed by atoms with Crippen LogP contribution in [0.25, 0.3) is 0 Å². The van der Waals surface area contributed by atoms with Gasteiger partial charge in [0.25, 0.3) is 10.0 Å². The minimum absolute atomic E-state index is 0.0250. The Morgan fingerprint density at radius 2 is 1.90 bits per heavy atom. The minimum Gasteiger partial charge on any atom is -0.310 e. The highest BCUT2D eigenvalue weighted by Crippen LogP contribution is 2.36. The number of nitrogens with zero attached hydrogens (tertiary/aromatic N) is 1. The first-order valence-electron chi connectivity index (χ1n) is 5.36. The second-order valence-electron chi connectivity index (χ2n) is 3.79. The van der Waals surface area contributed by atoms with Gasteiger partial charge < -0.3 is 5.43 Å². The maximum Gasteiger partial charge on any atom is 0.306 e. The van der Waals surface area contributed by atoms with Gasteiger partial charge in [-0.2, -0.15) is 0 Å². The molecule has 11 heteroatoms. The summed E-state index contributed by atoms with van der Waals surface area (Å²) in [6.45, 7) is 0. The molecule has 0 spiro atoms. The van der Waals surface area contributed by atoms with Crippen molar-refractivity contribution in [1.82, 2.24) is 0 Å². The lowest BCUT2D eigenvalue weighted by molar-refractivity contribution is -0.383. The molecule has 0 aliphatic rings. The summed E-state index contributed by atoms with van der Waals surface area (Å²) in [5.41, 5.74) is 2.11. The van der Waals surface area contributed by atoms with Gasteiger partial charge in [0, 0.05) is 15.3 Å². The number of rotatable bonds is 5. The number of nitrogens with two attached hydrogens (primary N) is 1. The van der Waals surface area contributed by atoms with E-state index in [9.17, 15) is 18.5 Å². The largest absolute Gasteiger partial charge is 0.310 e. The molecule has 0 saturated carbocycles. The highest BCUT2D eigenvalue weighted by molar-refractivity contribution is 14.1.